The van der Waals surface area contributed by atoms with E-state index < -0.39 is 29.8 Å². The van der Waals surface area contributed by atoms with Gasteiger partial charge in [0, 0.05) is 18.0 Å². The molecule has 0 aliphatic heterocycles. The van der Waals surface area contributed by atoms with Crippen LogP contribution in [0.15, 0.2) is 30.5 Å². The van der Waals surface area contributed by atoms with Gasteiger partial charge in [0.05, 0.1) is 12.6 Å². The molecule has 1 aromatic heterocycles. The van der Waals surface area contributed by atoms with Crippen molar-refractivity contribution in [2.75, 3.05) is 7.11 Å². The van der Waals surface area contributed by atoms with Gasteiger partial charge in [-0.05, 0) is 32.4 Å². The van der Waals surface area contributed by atoms with Crippen LogP contribution in [0.2, 0.25) is 0 Å². The van der Waals surface area contributed by atoms with Gasteiger partial charge in [-0.1, -0.05) is 18.2 Å². The van der Waals surface area contributed by atoms with Gasteiger partial charge in [-0.25, -0.2) is 14.4 Å². The van der Waals surface area contributed by atoms with Gasteiger partial charge in [-0.2, -0.15) is 0 Å². The fourth-order valence-corrected chi connectivity index (χ4v) is 2.58. The average Bonchev–Trinajstić information content (AvgIpc) is 2.91. The third kappa shape index (κ3) is 4.53. The molecule has 0 fully saturated rings. The van der Waals surface area contributed by atoms with Crippen LogP contribution in [0.1, 0.15) is 26.3 Å². The number of methoxy groups -OCH3 is 1. The number of hydrogen-bond donors (Lipinski definition) is 2. The van der Waals surface area contributed by atoms with Crippen molar-refractivity contribution in [1.82, 2.24) is 9.88 Å². The maximum Gasteiger partial charge on any atom is 0.416 e. The molecule has 1 atom stereocenters. The molecular weight excluding hydrogens is 340 g/mol. The Hall–Kier alpha value is -3.03. The molecular formula is C18H22N2O6. The number of carbonyl (C=O) groups is 3. The lowest BCUT2D eigenvalue weighted by molar-refractivity contribution is -0.143. The number of hydrogen-bond acceptors (Lipinski definition) is 5. The van der Waals surface area contributed by atoms with E-state index in [0.29, 0.717) is 16.5 Å². The summed E-state index contributed by atoms with van der Waals surface area (Å²) in [4.78, 5) is 35.5. The van der Waals surface area contributed by atoms with Gasteiger partial charge in [-0.3, -0.25) is 4.57 Å². The van der Waals surface area contributed by atoms with E-state index in [1.807, 2.05) is 0 Å². The summed E-state index contributed by atoms with van der Waals surface area (Å²) in [6.07, 6.45) is -0.399. The first-order chi connectivity index (χ1) is 12.1. The second kappa shape index (κ2) is 7.47. The zero-order chi connectivity index (χ0) is 19.5. The standard InChI is InChI=1S/C18H22N2O6/c1-18(2,3)26-16(22)19-13(15(21)25-4)9-11-10-20(17(23)24)14-8-6-5-7-12(11)14/h5-8,10,13H,9H2,1-4H3,(H,19,22)(H,23,24). The van der Waals surface area contributed by atoms with E-state index in [-0.39, 0.29) is 6.42 Å². The quantitative estimate of drug-likeness (QED) is 0.810. The predicted octanol–water partition coefficient (Wildman–Crippen LogP) is 2.78. The third-order valence-electron chi connectivity index (χ3n) is 3.60. The molecule has 140 valence electrons. The van der Waals surface area contributed by atoms with Crippen LogP contribution in [-0.4, -0.2) is 46.6 Å². The smallest absolute Gasteiger partial charge is 0.416 e. The topological polar surface area (TPSA) is 107 Å². The molecule has 2 aromatic rings. The number of nitrogens with one attached hydrogen (secondary N) is 1. The van der Waals surface area contributed by atoms with Gasteiger partial charge in [0.1, 0.15) is 11.6 Å². The van der Waals surface area contributed by atoms with Gasteiger partial charge in [-0.15, -0.1) is 0 Å². The normalized spacial score (nSPS) is 12.5. The Balaban J connectivity index is 2.32. The molecule has 0 aliphatic carbocycles. The van der Waals surface area contributed by atoms with E-state index in [9.17, 15) is 19.5 Å². The fourth-order valence-electron chi connectivity index (χ4n) is 2.58. The largest absolute Gasteiger partial charge is 0.467 e. The Morgan fingerprint density at radius 3 is 2.46 bits per heavy atom. The van der Waals surface area contributed by atoms with Crippen molar-refractivity contribution >= 4 is 29.1 Å². The first-order valence-electron chi connectivity index (χ1n) is 8.02. The summed E-state index contributed by atoms with van der Waals surface area (Å²) in [6, 6.07) is 5.91. The number of rotatable bonds is 4. The first-order valence-corrected chi connectivity index (χ1v) is 8.02. The first kappa shape index (κ1) is 19.3. The van der Waals surface area contributed by atoms with Crippen LogP contribution in [0.25, 0.3) is 10.9 Å². The molecule has 1 aromatic carbocycles. The second-order valence-electron chi connectivity index (χ2n) is 6.75. The minimum absolute atomic E-state index is 0.0622. The molecule has 0 spiro atoms. The minimum atomic E-state index is -1.14. The number of ether oxygens (including phenoxy) is 2. The number of alkyl carbamates (subject to hydrolysis) is 1. The Kier molecular flexibility index (Phi) is 5.54. The maximum absolute atomic E-state index is 12.1. The number of esters is 1. The number of aromatic nitrogens is 1. The highest BCUT2D eigenvalue weighted by Crippen LogP contribution is 2.23. The molecule has 0 saturated heterocycles. The molecule has 1 heterocycles. The predicted molar refractivity (Wildman–Crippen MR) is 94.2 cm³/mol. The van der Waals surface area contributed by atoms with Crippen LogP contribution in [0.5, 0.6) is 0 Å². The molecule has 0 aliphatic rings. The average molecular weight is 362 g/mol. The Labute approximate surface area is 150 Å². The van der Waals surface area contributed by atoms with Crippen molar-refractivity contribution < 1.29 is 29.0 Å². The molecule has 1 unspecified atom stereocenters. The van der Waals surface area contributed by atoms with Crippen molar-refractivity contribution in [3.8, 4) is 0 Å². The fraction of sp³-hybridized carbons (Fsp3) is 0.389. The van der Waals surface area contributed by atoms with Crippen molar-refractivity contribution in [2.45, 2.75) is 38.8 Å². The highest BCUT2D eigenvalue weighted by Gasteiger charge is 2.27. The van der Waals surface area contributed by atoms with E-state index in [2.05, 4.69) is 5.32 Å². The van der Waals surface area contributed by atoms with Crippen molar-refractivity contribution in [3.63, 3.8) is 0 Å². The Morgan fingerprint density at radius 2 is 1.88 bits per heavy atom. The van der Waals surface area contributed by atoms with E-state index in [1.165, 1.54) is 13.3 Å². The summed E-state index contributed by atoms with van der Waals surface area (Å²) >= 11 is 0. The van der Waals surface area contributed by atoms with Crippen molar-refractivity contribution in [2.24, 2.45) is 0 Å². The van der Waals surface area contributed by atoms with Crippen LogP contribution in [0, 0.1) is 0 Å². The molecule has 26 heavy (non-hydrogen) atoms. The van der Waals surface area contributed by atoms with Crippen molar-refractivity contribution in [3.05, 3.63) is 36.0 Å². The van der Waals surface area contributed by atoms with E-state index in [1.54, 1.807) is 45.0 Å². The number of benzene rings is 1. The second-order valence-corrected chi connectivity index (χ2v) is 6.75. The summed E-state index contributed by atoms with van der Waals surface area (Å²) < 4.78 is 11.0. The van der Waals surface area contributed by atoms with E-state index >= 15 is 0 Å². The summed E-state index contributed by atoms with van der Waals surface area (Å²) in [6.45, 7) is 5.13. The van der Waals surface area contributed by atoms with Crippen LogP contribution in [0.3, 0.4) is 0 Å². The molecule has 0 bridgehead atoms. The SMILES string of the molecule is COC(=O)C(Cc1cn(C(=O)O)c2ccccc12)NC(=O)OC(C)(C)C. The van der Waals surface area contributed by atoms with Gasteiger partial charge in [0.15, 0.2) is 0 Å². The Bertz CT molecular complexity index is 834. The molecule has 1 amide bonds. The van der Waals surface area contributed by atoms with Gasteiger partial charge >= 0.3 is 18.2 Å². The maximum atomic E-state index is 12.1. The highest BCUT2D eigenvalue weighted by atomic mass is 16.6. The van der Waals surface area contributed by atoms with Crippen LogP contribution in [-0.2, 0) is 20.7 Å². The van der Waals surface area contributed by atoms with E-state index in [0.717, 1.165) is 4.57 Å². The summed E-state index contributed by atoms with van der Waals surface area (Å²) in [5.41, 5.74) is 0.370. The monoisotopic (exact) mass is 362 g/mol. The molecule has 0 saturated carbocycles. The summed E-state index contributed by atoms with van der Waals surface area (Å²) in [5.74, 6) is -0.650. The van der Waals surface area contributed by atoms with Crippen LogP contribution >= 0.6 is 0 Å². The minimum Gasteiger partial charge on any atom is -0.467 e. The van der Waals surface area contributed by atoms with Gasteiger partial charge < -0.3 is 19.9 Å². The molecule has 8 nitrogen and oxygen atoms in total. The molecule has 2 rings (SSSR count). The summed E-state index contributed by atoms with van der Waals surface area (Å²) in [5, 5.41) is 12.5. The Morgan fingerprint density at radius 1 is 1.23 bits per heavy atom. The van der Waals surface area contributed by atoms with Crippen LogP contribution < -0.4 is 5.32 Å². The summed E-state index contributed by atoms with van der Waals surface area (Å²) in [7, 11) is 1.21. The lowest BCUT2D eigenvalue weighted by Crippen LogP contribution is -2.45. The number of nitrogens with zero attached hydrogens (tertiary/aromatic N) is 1. The van der Waals surface area contributed by atoms with Gasteiger partial charge in [0.2, 0.25) is 0 Å². The molecule has 0 radical (unpaired) electrons. The lowest BCUT2D eigenvalue weighted by Gasteiger charge is -2.22. The number of carbonyl (C=O) groups excluding carboxylic acids is 2. The van der Waals surface area contributed by atoms with Crippen molar-refractivity contribution in [1.29, 1.82) is 0 Å². The third-order valence-corrected chi connectivity index (χ3v) is 3.60. The highest BCUT2D eigenvalue weighted by molar-refractivity contribution is 5.92. The van der Waals surface area contributed by atoms with Gasteiger partial charge in [0.25, 0.3) is 0 Å². The zero-order valence-corrected chi connectivity index (χ0v) is 15.1. The van der Waals surface area contributed by atoms with Crippen LogP contribution in [0.4, 0.5) is 9.59 Å². The van der Waals surface area contributed by atoms with E-state index in [4.69, 9.17) is 9.47 Å². The number of para-hydroxylation sites is 1. The number of carboxylic acid groups (broad SMARTS) is 1. The lowest BCUT2D eigenvalue weighted by atomic mass is 10.1. The molecule has 8 heteroatoms. The molecule has 2 N–H and O–H groups in total. The zero-order valence-electron chi connectivity index (χ0n) is 15.1. The number of fused-ring (bicyclic) bond motifs is 1. The number of amides is 1.